The van der Waals surface area contributed by atoms with E-state index in [9.17, 15) is 13.2 Å². The molecule has 0 unspecified atom stereocenters. The van der Waals surface area contributed by atoms with Crippen molar-refractivity contribution >= 4 is 16.0 Å². The number of aryl methyl sites for hydroxylation is 1. The maximum Gasteiger partial charge on any atom is 0.308 e. The van der Waals surface area contributed by atoms with Crippen LogP contribution in [-0.2, 0) is 26.6 Å². The summed E-state index contributed by atoms with van der Waals surface area (Å²) in [5.74, 6) is -0.512. The van der Waals surface area contributed by atoms with Crippen molar-refractivity contribution < 1.29 is 17.9 Å². The fraction of sp³-hybridized carbons (Fsp3) is 0.412. The van der Waals surface area contributed by atoms with Crippen molar-refractivity contribution in [3.8, 4) is 11.3 Å². The molecule has 0 spiro atoms. The highest BCUT2D eigenvalue weighted by molar-refractivity contribution is 7.89. The number of hydrogen-bond acceptors (Lipinski definition) is 5. The van der Waals surface area contributed by atoms with Gasteiger partial charge in [-0.15, -0.1) is 0 Å². The normalized spacial score (nSPS) is 16.7. The zero-order valence-electron chi connectivity index (χ0n) is 14.3. The van der Waals surface area contributed by atoms with Crippen LogP contribution in [0.3, 0.4) is 0 Å². The van der Waals surface area contributed by atoms with E-state index in [4.69, 9.17) is 4.74 Å². The lowest BCUT2D eigenvalue weighted by atomic mass is 9.99. The Morgan fingerprint density at radius 3 is 2.44 bits per heavy atom. The third-order valence-corrected chi connectivity index (χ3v) is 6.35. The maximum atomic E-state index is 13.1. The van der Waals surface area contributed by atoms with Crippen LogP contribution in [0.4, 0.5) is 0 Å². The zero-order valence-corrected chi connectivity index (χ0v) is 15.1. The fourth-order valence-electron chi connectivity index (χ4n) is 3.09. The molecule has 0 radical (unpaired) electrons. The van der Waals surface area contributed by atoms with E-state index in [1.807, 2.05) is 30.3 Å². The number of carbonyl (C=O) groups excluding carboxylic acids is 1. The molecule has 1 saturated heterocycles. The van der Waals surface area contributed by atoms with E-state index in [0.29, 0.717) is 31.6 Å². The summed E-state index contributed by atoms with van der Waals surface area (Å²) < 4.78 is 33.9. The fourth-order valence-corrected chi connectivity index (χ4v) is 4.75. The lowest BCUT2D eigenvalue weighted by molar-refractivity contribution is -0.146. The molecule has 0 saturated carbocycles. The van der Waals surface area contributed by atoms with Crippen LogP contribution in [0.15, 0.2) is 41.4 Å². The second kappa shape index (κ2) is 6.97. The van der Waals surface area contributed by atoms with Gasteiger partial charge in [-0.2, -0.15) is 9.40 Å². The third kappa shape index (κ3) is 3.45. The second-order valence-electron chi connectivity index (χ2n) is 6.08. The number of sulfonamides is 1. The quantitative estimate of drug-likeness (QED) is 0.772. The van der Waals surface area contributed by atoms with E-state index in [1.54, 1.807) is 7.05 Å². The van der Waals surface area contributed by atoms with Crippen LogP contribution in [0.5, 0.6) is 0 Å². The summed E-state index contributed by atoms with van der Waals surface area (Å²) >= 11 is 0. The number of piperidine rings is 1. The lowest BCUT2D eigenvalue weighted by Crippen LogP contribution is -2.40. The summed E-state index contributed by atoms with van der Waals surface area (Å²) in [6.45, 7) is 0.594. The number of hydrogen-bond donors (Lipinski definition) is 0. The summed E-state index contributed by atoms with van der Waals surface area (Å²) in [6, 6.07) is 9.25. The number of benzene rings is 1. The van der Waals surface area contributed by atoms with Crippen molar-refractivity contribution in [2.75, 3.05) is 20.2 Å². The number of ether oxygens (including phenoxy) is 1. The number of nitrogens with zero attached hydrogens (tertiary/aromatic N) is 3. The van der Waals surface area contributed by atoms with Gasteiger partial charge in [0.25, 0.3) is 0 Å². The summed E-state index contributed by atoms with van der Waals surface area (Å²) in [7, 11) is -0.620. The van der Waals surface area contributed by atoms with Gasteiger partial charge in [-0.3, -0.25) is 9.48 Å². The molecule has 0 aliphatic carbocycles. The maximum absolute atomic E-state index is 13.1. The smallest absolute Gasteiger partial charge is 0.308 e. The molecule has 1 aliphatic heterocycles. The molecule has 3 rings (SSSR count). The summed E-state index contributed by atoms with van der Waals surface area (Å²) in [4.78, 5) is 11.8. The van der Waals surface area contributed by atoms with E-state index in [-0.39, 0.29) is 16.8 Å². The van der Waals surface area contributed by atoms with Gasteiger partial charge in [-0.25, -0.2) is 8.42 Å². The Labute approximate surface area is 147 Å². The van der Waals surface area contributed by atoms with Crippen molar-refractivity contribution in [1.29, 1.82) is 0 Å². The van der Waals surface area contributed by atoms with E-state index >= 15 is 0 Å². The van der Waals surface area contributed by atoms with Gasteiger partial charge in [-0.1, -0.05) is 30.3 Å². The molecule has 134 valence electrons. The van der Waals surface area contributed by atoms with Gasteiger partial charge in [0, 0.05) is 31.9 Å². The molecule has 25 heavy (non-hydrogen) atoms. The Morgan fingerprint density at radius 1 is 1.20 bits per heavy atom. The van der Waals surface area contributed by atoms with Crippen LogP contribution in [0.1, 0.15) is 12.8 Å². The first-order valence-corrected chi connectivity index (χ1v) is 9.54. The van der Waals surface area contributed by atoms with E-state index in [1.165, 1.54) is 22.3 Å². The molecule has 2 aromatic rings. The lowest BCUT2D eigenvalue weighted by Gasteiger charge is -2.29. The van der Waals surface area contributed by atoms with Crippen LogP contribution in [0.25, 0.3) is 11.3 Å². The van der Waals surface area contributed by atoms with Crippen molar-refractivity contribution in [3.05, 3.63) is 36.5 Å². The highest BCUT2D eigenvalue weighted by Crippen LogP contribution is 2.30. The summed E-state index contributed by atoms with van der Waals surface area (Å²) in [5, 5.41) is 4.34. The number of rotatable bonds is 4. The highest BCUT2D eigenvalue weighted by Gasteiger charge is 2.35. The first-order valence-electron chi connectivity index (χ1n) is 8.10. The van der Waals surface area contributed by atoms with Crippen LogP contribution < -0.4 is 0 Å². The first-order chi connectivity index (χ1) is 11.9. The average molecular weight is 363 g/mol. The van der Waals surface area contributed by atoms with E-state index < -0.39 is 10.0 Å². The minimum absolute atomic E-state index is 0.192. The van der Waals surface area contributed by atoms with Crippen LogP contribution in [-0.4, -0.2) is 48.7 Å². The predicted octanol–water partition coefficient (Wildman–Crippen LogP) is 1.66. The molecule has 0 atom stereocenters. The van der Waals surface area contributed by atoms with Gasteiger partial charge in [0.15, 0.2) is 0 Å². The molecule has 8 heteroatoms. The minimum atomic E-state index is -3.68. The Bertz CT molecular complexity index is 853. The number of methoxy groups -OCH3 is 1. The van der Waals surface area contributed by atoms with Crippen LogP contribution in [0.2, 0.25) is 0 Å². The van der Waals surface area contributed by atoms with Crippen LogP contribution >= 0.6 is 0 Å². The Hall–Kier alpha value is -2.19. The molecule has 0 amide bonds. The average Bonchev–Trinajstić information content (AvgIpc) is 3.04. The third-order valence-electron chi connectivity index (χ3n) is 4.45. The van der Waals surface area contributed by atoms with Gasteiger partial charge in [0.2, 0.25) is 10.0 Å². The van der Waals surface area contributed by atoms with Gasteiger partial charge < -0.3 is 4.74 Å². The van der Waals surface area contributed by atoms with Crippen LogP contribution in [0, 0.1) is 5.92 Å². The van der Waals surface area contributed by atoms with Crippen molar-refractivity contribution in [2.45, 2.75) is 17.7 Å². The molecule has 1 fully saturated rings. The molecular formula is C17H21N3O4S. The zero-order chi connectivity index (χ0) is 18.0. The molecule has 1 aromatic carbocycles. The monoisotopic (exact) mass is 363 g/mol. The Kier molecular flexibility index (Phi) is 4.91. The second-order valence-corrected chi connectivity index (χ2v) is 7.99. The van der Waals surface area contributed by atoms with Gasteiger partial charge >= 0.3 is 5.97 Å². The molecule has 1 aliphatic rings. The highest BCUT2D eigenvalue weighted by atomic mass is 32.2. The standard InChI is InChI=1S/C17H21N3O4S/c1-19-12-15(16(18-19)13-6-4-3-5-7-13)25(22,23)20-10-8-14(9-11-20)17(21)24-2/h3-7,12,14H,8-11H2,1-2H3. The SMILES string of the molecule is COC(=O)C1CCN(S(=O)(=O)c2cn(C)nc2-c2ccccc2)CC1. The van der Waals surface area contributed by atoms with E-state index in [0.717, 1.165) is 5.56 Å². The minimum Gasteiger partial charge on any atom is -0.469 e. The van der Waals surface area contributed by atoms with Gasteiger partial charge in [0.1, 0.15) is 10.6 Å². The Balaban J connectivity index is 1.88. The summed E-state index contributed by atoms with van der Waals surface area (Å²) in [5.41, 5.74) is 1.20. The predicted molar refractivity (Wildman–Crippen MR) is 92.1 cm³/mol. The topological polar surface area (TPSA) is 81.5 Å². The molecule has 7 nitrogen and oxygen atoms in total. The largest absolute Gasteiger partial charge is 0.469 e. The Morgan fingerprint density at radius 2 is 1.84 bits per heavy atom. The first kappa shape index (κ1) is 17.6. The molecule has 0 N–H and O–H groups in total. The number of aromatic nitrogens is 2. The van der Waals surface area contributed by atoms with Crippen molar-refractivity contribution in [1.82, 2.24) is 14.1 Å². The van der Waals surface area contributed by atoms with Gasteiger partial charge in [-0.05, 0) is 12.8 Å². The molecule has 1 aromatic heterocycles. The molecule has 0 bridgehead atoms. The van der Waals surface area contributed by atoms with Gasteiger partial charge in [0.05, 0.1) is 13.0 Å². The molecule has 2 heterocycles. The van der Waals surface area contributed by atoms with Crippen molar-refractivity contribution in [3.63, 3.8) is 0 Å². The number of carbonyl (C=O) groups is 1. The summed E-state index contributed by atoms with van der Waals surface area (Å²) in [6.07, 6.45) is 2.46. The van der Waals surface area contributed by atoms with Crippen molar-refractivity contribution in [2.24, 2.45) is 13.0 Å². The molecular weight excluding hydrogens is 342 g/mol. The van der Waals surface area contributed by atoms with E-state index in [2.05, 4.69) is 5.10 Å². The number of esters is 1.